The summed E-state index contributed by atoms with van der Waals surface area (Å²) in [4.78, 5) is 0. The van der Waals surface area contributed by atoms with Crippen LogP contribution in [0.2, 0.25) is 0 Å². The van der Waals surface area contributed by atoms with E-state index in [-0.39, 0.29) is 0 Å². The second-order valence-electron chi connectivity index (χ2n) is 4.50. The fourth-order valence-corrected chi connectivity index (χ4v) is 2.12. The second kappa shape index (κ2) is 4.98. The first-order valence-electron chi connectivity index (χ1n) is 6.24. The molecule has 0 saturated heterocycles. The molecule has 2 aromatic carbocycles. The standard InChI is InChI=1S/C16H15N3/c17-16-9-5-4-8-15(16)14-10-18-19(12-14)11-13-6-2-1-3-7-13/h1-10,12H,11,17H2. The Hall–Kier alpha value is -2.55. The summed E-state index contributed by atoms with van der Waals surface area (Å²) in [6, 6.07) is 18.1. The summed E-state index contributed by atoms with van der Waals surface area (Å²) in [5.74, 6) is 0. The molecule has 0 aliphatic rings. The average Bonchev–Trinajstić information content (AvgIpc) is 2.89. The van der Waals surface area contributed by atoms with Gasteiger partial charge in [-0.3, -0.25) is 4.68 Å². The molecule has 0 spiro atoms. The van der Waals surface area contributed by atoms with E-state index in [1.807, 2.05) is 59.5 Å². The predicted octanol–water partition coefficient (Wildman–Crippen LogP) is 3.18. The van der Waals surface area contributed by atoms with Gasteiger partial charge in [0.15, 0.2) is 0 Å². The number of hydrogen-bond acceptors (Lipinski definition) is 2. The Morgan fingerprint density at radius 3 is 2.47 bits per heavy atom. The van der Waals surface area contributed by atoms with Crippen molar-refractivity contribution in [2.45, 2.75) is 6.54 Å². The predicted molar refractivity (Wildman–Crippen MR) is 77.6 cm³/mol. The number of nitrogen functional groups attached to an aromatic ring is 1. The lowest BCUT2D eigenvalue weighted by Gasteiger charge is -2.02. The number of nitrogens with two attached hydrogens (primary N) is 1. The third-order valence-corrected chi connectivity index (χ3v) is 3.09. The minimum Gasteiger partial charge on any atom is -0.398 e. The van der Waals surface area contributed by atoms with E-state index in [0.29, 0.717) is 0 Å². The first-order chi connectivity index (χ1) is 9.33. The Kier molecular flexibility index (Phi) is 3.02. The summed E-state index contributed by atoms with van der Waals surface area (Å²) in [6.45, 7) is 0.771. The largest absolute Gasteiger partial charge is 0.398 e. The third kappa shape index (κ3) is 2.50. The van der Waals surface area contributed by atoms with Crippen LogP contribution in [0.15, 0.2) is 67.0 Å². The topological polar surface area (TPSA) is 43.8 Å². The number of benzene rings is 2. The van der Waals surface area contributed by atoms with Gasteiger partial charge in [0.05, 0.1) is 12.7 Å². The summed E-state index contributed by atoms with van der Waals surface area (Å²) in [6.07, 6.45) is 3.88. The summed E-state index contributed by atoms with van der Waals surface area (Å²) >= 11 is 0. The molecule has 1 aromatic heterocycles. The summed E-state index contributed by atoms with van der Waals surface area (Å²) in [7, 11) is 0. The van der Waals surface area contributed by atoms with Gasteiger partial charge < -0.3 is 5.73 Å². The second-order valence-corrected chi connectivity index (χ2v) is 4.50. The van der Waals surface area contributed by atoms with Crippen LogP contribution in [0.5, 0.6) is 0 Å². The number of aromatic nitrogens is 2. The van der Waals surface area contributed by atoms with E-state index in [0.717, 1.165) is 23.4 Å². The van der Waals surface area contributed by atoms with Crippen molar-refractivity contribution < 1.29 is 0 Å². The molecule has 3 rings (SSSR count). The molecular formula is C16H15N3. The maximum absolute atomic E-state index is 5.98. The van der Waals surface area contributed by atoms with Gasteiger partial charge in [0.25, 0.3) is 0 Å². The monoisotopic (exact) mass is 249 g/mol. The van der Waals surface area contributed by atoms with Crippen LogP contribution in [-0.4, -0.2) is 9.78 Å². The number of para-hydroxylation sites is 1. The van der Waals surface area contributed by atoms with Crippen molar-refractivity contribution in [1.82, 2.24) is 9.78 Å². The van der Waals surface area contributed by atoms with Gasteiger partial charge in [0.2, 0.25) is 0 Å². The average molecular weight is 249 g/mol. The number of hydrogen-bond donors (Lipinski definition) is 1. The molecule has 2 N–H and O–H groups in total. The van der Waals surface area contributed by atoms with Crippen LogP contribution < -0.4 is 5.73 Å². The highest BCUT2D eigenvalue weighted by Crippen LogP contribution is 2.24. The lowest BCUT2D eigenvalue weighted by Crippen LogP contribution is -1.99. The Balaban J connectivity index is 1.86. The van der Waals surface area contributed by atoms with Gasteiger partial charge in [0, 0.05) is 23.0 Å². The van der Waals surface area contributed by atoms with E-state index >= 15 is 0 Å². The van der Waals surface area contributed by atoms with Crippen LogP contribution in [0.3, 0.4) is 0 Å². The molecule has 0 unspecified atom stereocenters. The van der Waals surface area contributed by atoms with Gasteiger partial charge in [-0.2, -0.15) is 5.10 Å². The first-order valence-corrected chi connectivity index (χ1v) is 6.24. The lowest BCUT2D eigenvalue weighted by molar-refractivity contribution is 0.687. The fraction of sp³-hybridized carbons (Fsp3) is 0.0625. The van der Waals surface area contributed by atoms with Crippen LogP contribution in [0.25, 0.3) is 11.1 Å². The third-order valence-electron chi connectivity index (χ3n) is 3.09. The molecule has 3 aromatic rings. The molecule has 0 bridgehead atoms. The number of rotatable bonds is 3. The Morgan fingerprint density at radius 1 is 0.947 bits per heavy atom. The summed E-state index contributed by atoms with van der Waals surface area (Å²) < 4.78 is 1.93. The van der Waals surface area contributed by atoms with E-state index < -0.39 is 0 Å². The van der Waals surface area contributed by atoms with E-state index in [1.165, 1.54) is 5.56 Å². The number of anilines is 1. The molecule has 3 heteroatoms. The molecule has 0 amide bonds. The molecule has 0 radical (unpaired) electrons. The van der Waals surface area contributed by atoms with Gasteiger partial charge in [0.1, 0.15) is 0 Å². The van der Waals surface area contributed by atoms with Crippen molar-refractivity contribution in [2.24, 2.45) is 0 Å². The van der Waals surface area contributed by atoms with Gasteiger partial charge >= 0.3 is 0 Å². The minimum absolute atomic E-state index is 0.771. The maximum atomic E-state index is 5.98. The molecule has 94 valence electrons. The van der Waals surface area contributed by atoms with E-state index in [4.69, 9.17) is 5.73 Å². The zero-order valence-corrected chi connectivity index (χ0v) is 10.5. The molecule has 19 heavy (non-hydrogen) atoms. The molecule has 0 atom stereocenters. The van der Waals surface area contributed by atoms with Crippen molar-refractivity contribution in [2.75, 3.05) is 5.73 Å². The zero-order valence-electron chi connectivity index (χ0n) is 10.5. The summed E-state index contributed by atoms with van der Waals surface area (Å²) in [5, 5.41) is 4.39. The van der Waals surface area contributed by atoms with Crippen molar-refractivity contribution >= 4 is 5.69 Å². The SMILES string of the molecule is Nc1ccccc1-c1cnn(Cc2ccccc2)c1. The molecule has 0 saturated carbocycles. The fourth-order valence-electron chi connectivity index (χ4n) is 2.12. The highest BCUT2D eigenvalue weighted by atomic mass is 15.3. The first kappa shape index (κ1) is 11.5. The molecular weight excluding hydrogens is 234 g/mol. The van der Waals surface area contributed by atoms with Crippen LogP contribution >= 0.6 is 0 Å². The quantitative estimate of drug-likeness (QED) is 0.724. The van der Waals surface area contributed by atoms with Gasteiger partial charge in [-0.15, -0.1) is 0 Å². The van der Waals surface area contributed by atoms with Crippen molar-refractivity contribution in [1.29, 1.82) is 0 Å². The maximum Gasteiger partial charge on any atom is 0.0659 e. The minimum atomic E-state index is 0.771. The zero-order chi connectivity index (χ0) is 13.1. The van der Waals surface area contributed by atoms with E-state index in [2.05, 4.69) is 17.2 Å². The molecule has 3 nitrogen and oxygen atoms in total. The van der Waals surface area contributed by atoms with Crippen molar-refractivity contribution in [3.63, 3.8) is 0 Å². The van der Waals surface area contributed by atoms with Crippen LogP contribution in [0, 0.1) is 0 Å². The smallest absolute Gasteiger partial charge is 0.0659 e. The Bertz CT molecular complexity index is 671. The van der Waals surface area contributed by atoms with E-state index in [9.17, 15) is 0 Å². The summed E-state index contributed by atoms with van der Waals surface area (Å²) in [5.41, 5.74) is 10.1. The highest BCUT2D eigenvalue weighted by molar-refractivity contribution is 5.75. The van der Waals surface area contributed by atoms with Gasteiger partial charge in [-0.25, -0.2) is 0 Å². The highest BCUT2D eigenvalue weighted by Gasteiger charge is 2.04. The molecule has 1 heterocycles. The lowest BCUT2D eigenvalue weighted by atomic mass is 10.1. The molecule has 0 aliphatic carbocycles. The van der Waals surface area contributed by atoms with Crippen molar-refractivity contribution in [3.05, 3.63) is 72.6 Å². The Labute approximate surface area is 112 Å². The van der Waals surface area contributed by atoms with Crippen LogP contribution in [0.4, 0.5) is 5.69 Å². The Morgan fingerprint density at radius 2 is 1.68 bits per heavy atom. The molecule has 0 fully saturated rings. The van der Waals surface area contributed by atoms with Gasteiger partial charge in [-0.1, -0.05) is 48.5 Å². The normalized spacial score (nSPS) is 10.5. The van der Waals surface area contributed by atoms with Gasteiger partial charge in [-0.05, 0) is 11.6 Å². The van der Waals surface area contributed by atoms with Crippen LogP contribution in [-0.2, 0) is 6.54 Å². The number of nitrogens with zero attached hydrogens (tertiary/aromatic N) is 2. The van der Waals surface area contributed by atoms with E-state index in [1.54, 1.807) is 0 Å². The van der Waals surface area contributed by atoms with Crippen molar-refractivity contribution in [3.8, 4) is 11.1 Å². The van der Waals surface area contributed by atoms with Crippen LogP contribution in [0.1, 0.15) is 5.56 Å². The molecule has 0 aliphatic heterocycles.